The highest BCUT2D eigenvalue weighted by atomic mass is 35.5. The number of nitrogens with two attached hydrogens (primary N) is 1. The van der Waals surface area contributed by atoms with E-state index in [9.17, 15) is 0 Å². The van der Waals surface area contributed by atoms with Gasteiger partial charge in [0.2, 0.25) is 0 Å². The number of fused-ring (bicyclic) bond motifs is 1. The fourth-order valence-corrected chi connectivity index (χ4v) is 2.82. The number of nitrogen functional groups attached to an aromatic ring is 1. The van der Waals surface area contributed by atoms with Crippen molar-refractivity contribution in [2.24, 2.45) is 0 Å². The van der Waals surface area contributed by atoms with Gasteiger partial charge in [-0.2, -0.15) is 0 Å². The summed E-state index contributed by atoms with van der Waals surface area (Å²) in [6.45, 7) is 0.716. The number of aryl methyl sites for hydroxylation is 1. The lowest BCUT2D eigenvalue weighted by Crippen LogP contribution is -2.10. The van der Waals surface area contributed by atoms with Gasteiger partial charge < -0.3 is 10.3 Å². The Bertz CT molecular complexity index is 554. The van der Waals surface area contributed by atoms with Crippen LogP contribution in [0.4, 0.5) is 5.69 Å². The summed E-state index contributed by atoms with van der Waals surface area (Å²) in [6.07, 6.45) is 6.62. The molecule has 4 heteroatoms. The Kier molecular flexibility index (Phi) is 3.00. The lowest BCUT2D eigenvalue weighted by Gasteiger charge is -2.15. The molecule has 2 aromatic rings. The van der Waals surface area contributed by atoms with Crippen molar-refractivity contribution in [3.8, 4) is 0 Å². The Morgan fingerprint density at radius 2 is 2.11 bits per heavy atom. The average Bonchev–Trinajstić information content (AvgIpc) is 2.77. The number of hydrogen-bond acceptors (Lipinski definition) is 2. The summed E-state index contributed by atoms with van der Waals surface area (Å²) in [5, 5.41) is 0.730. The van der Waals surface area contributed by atoms with E-state index in [1.165, 1.54) is 24.2 Å². The molecule has 0 fully saturated rings. The lowest BCUT2D eigenvalue weighted by molar-refractivity contribution is 0.629. The van der Waals surface area contributed by atoms with Gasteiger partial charge in [0.15, 0.2) is 0 Å². The Hall–Kier alpha value is -1.48. The number of rotatable bonds is 2. The highest BCUT2D eigenvalue weighted by Crippen LogP contribution is 2.26. The van der Waals surface area contributed by atoms with Gasteiger partial charge in [0.1, 0.15) is 0 Å². The third-order valence-corrected chi connectivity index (χ3v) is 3.95. The summed E-state index contributed by atoms with van der Waals surface area (Å²) in [7, 11) is 0. The summed E-state index contributed by atoms with van der Waals surface area (Å²) < 4.78 is 2.19. The van der Waals surface area contributed by atoms with Crippen LogP contribution in [-0.4, -0.2) is 9.55 Å². The third-order valence-electron chi connectivity index (χ3n) is 3.59. The van der Waals surface area contributed by atoms with Gasteiger partial charge in [-0.25, -0.2) is 4.98 Å². The number of hydrogen-bond donors (Lipinski definition) is 1. The predicted octanol–water partition coefficient (Wildman–Crippen LogP) is 3.05. The van der Waals surface area contributed by atoms with Gasteiger partial charge >= 0.3 is 0 Å². The SMILES string of the molecule is Nc1cccc(Cl)c1Cn1cnc2c1CCCC2. The van der Waals surface area contributed by atoms with Gasteiger partial charge in [0, 0.05) is 22.0 Å². The first-order valence-electron chi connectivity index (χ1n) is 6.31. The lowest BCUT2D eigenvalue weighted by atomic mass is 10.0. The van der Waals surface area contributed by atoms with E-state index >= 15 is 0 Å². The second kappa shape index (κ2) is 4.65. The molecule has 0 aliphatic heterocycles. The molecule has 18 heavy (non-hydrogen) atoms. The molecule has 1 aliphatic rings. The molecular weight excluding hydrogens is 246 g/mol. The van der Waals surface area contributed by atoms with Crippen LogP contribution in [0, 0.1) is 0 Å². The minimum Gasteiger partial charge on any atom is -0.398 e. The predicted molar refractivity (Wildman–Crippen MR) is 73.8 cm³/mol. The molecule has 0 unspecified atom stereocenters. The van der Waals surface area contributed by atoms with Crippen LogP contribution >= 0.6 is 11.6 Å². The van der Waals surface area contributed by atoms with Crippen LogP contribution in [0.3, 0.4) is 0 Å². The number of anilines is 1. The number of nitrogens with zero attached hydrogens (tertiary/aromatic N) is 2. The van der Waals surface area contributed by atoms with Crippen LogP contribution in [-0.2, 0) is 19.4 Å². The summed E-state index contributed by atoms with van der Waals surface area (Å²) >= 11 is 6.22. The van der Waals surface area contributed by atoms with Crippen molar-refractivity contribution in [1.29, 1.82) is 0 Å². The standard InChI is InChI=1S/C14H16ClN3/c15-11-4-3-5-12(16)10(11)8-18-9-17-13-6-1-2-7-14(13)18/h3-5,9H,1-2,6-8,16H2. The van der Waals surface area contributed by atoms with Crippen LogP contribution in [0.1, 0.15) is 29.8 Å². The van der Waals surface area contributed by atoms with Gasteiger partial charge in [-0.1, -0.05) is 17.7 Å². The molecule has 1 aliphatic carbocycles. The van der Waals surface area contributed by atoms with Gasteiger partial charge in [-0.05, 0) is 37.8 Å². The normalized spacial score (nSPS) is 14.5. The molecule has 1 aromatic heterocycles. The summed E-state index contributed by atoms with van der Waals surface area (Å²) in [4.78, 5) is 4.49. The Balaban J connectivity index is 1.95. The zero-order valence-corrected chi connectivity index (χ0v) is 11.0. The van der Waals surface area contributed by atoms with Crippen LogP contribution in [0.5, 0.6) is 0 Å². The highest BCUT2D eigenvalue weighted by molar-refractivity contribution is 6.31. The van der Waals surface area contributed by atoms with Crippen molar-refractivity contribution in [2.45, 2.75) is 32.2 Å². The maximum Gasteiger partial charge on any atom is 0.0954 e. The Morgan fingerprint density at radius 3 is 2.94 bits per heavy atom. The van der Waals surface area contributed by atoms with E-state index in [-0.39, 0.29) is 0 Å². The smallest absolute Gasteiger partial charge is 0.0954 e. The maximum absolute atomic E-state index is 6.22. The van der Waals surface area contributed by atoms with Crippen molar-refractivity contribution in [3.63, 3.8) is 0 Å². The molecule has 0 spiro atoms. The minimum absolute atomic E-state index is 0.716. The van der Waals surface area contributed by atoms with Crippen LogP contribution in [0.25, 0.3) is 0 Å². The number of imidazole rings is 1. The molecule has 0 amide bonds. The van der Waals surface area contributed by atoms with Gasteiger partial charge in [-0.15, -0.1) is 0 Å². The van der Waals surface area contributed by atoms with Crippen molar-refractivity contribution < 1.29 is 0 Å². The van der Waals surface area contributed by atoms with Crippen LogP contribution < -0.4 is 5.73 Å². The largest absolute Gasteiger partial charge is 0.398 e. The molecule has 1 aromatic carbocycles. The summed E-state index contributed by atoms with van der Waals surface area (Å²) in [5.74, 6) is 0. The van der Waals surface area contributed by atoms with E-state index in [2.05, 4.69) is 9.55 Å². The molecule has 0 saturated carbocycles. The van der Waals surface area contributed by atoms with Crippen molar-refractivity contribution in [2.75, 3.05) is 5.73 Å². The van der Waals surface area contributed by atoms with E-state index in [1.807, 2.05) is 24.5 Å². The zero-order valence-electron chi connectivity index (χ0n) is 10.2. The fraction of sp³-hybridized carbons (Fsp3) is 0.357. The molecule has 0 atom stereocenters. The molecule has 0 radical (unpaired) electrons. The first kappa shape index (κ1) is 11.6. The number of halogens is 1. The Labute approximate surface area is 112 Å². The fourth-order valence-electron chi connectivity index (χ4n) is 2.58. The first-order chi connectivity index (χ1) is 8.75. The number of benzene rings is 1. The zero-order chi connectivity index (χ0) is 12.5. The molecule has 0 saturated heterocycles. The van der Waals surface area contributed by atoms with Crippen molar-refractivity contribution >= 4 is 17.3 Å². The first-order valence-corrected chi connectivity index (χ1v) is 6.69. The molecule has 3 rings (SSSR count). The molecular formula is C14H16ClN3. The monoisotopic (exact) mass is 261 g/mol. The van der Waals surface area contributed by atoms with E-state index in [0.29, 0.717) is 6.54 Å². The van der Waals surface area contributed by atoms with Gasteiger partial charge in [0.25, 0.3) is 0 Å². The second-order valence-electron chi connectivity index (χ2n) is 4.78. The van der Waals surface area contributed by atoms with E-state index in [1.54, 1.807) is 0 Å². The third kappa shape index (κ3) is 1.99. The average molecular weight is 262 g/mol. The topological polar surface area (TPSA) is 43.8 Å². The van der Waals surface area contributed by atoms with E-state index in [4.69, 9.17) is 17.3 Å². The van der Waals surface area contributed by atoms with Crippen LogP contribution in [0.2, 0.25) is 5.02 Å². The van der Waals surface area contributed by atoms with Crippen molar-refractivity contribution in [3.05, 3.63) is 46.5 Å². The molecule has 1 heterocycles. The molecule has 94 valence electrons. The van der Waals surface area contributed by atoms with Gasteiger partial charge in [0.05, 0.1) is 18.6 Å². The van der Waals surface area contributed by atoms with Gasteiger partial charge in [-0.3, -0.25) is 0 Å². The summed E-state index contributed by atoms with van der Waals surface area (Å²) in [5.41, 5.74) is 10.3. The summed E-state index contributed by atoms with van der Waals surface area (Å²) in [6, 6.07) is 5.66. The molecule has 2 N–H and O–H groups in total. The highest BCUT2D eigenvalue weighted by Gasteiger charge is 2.16. The van der Waals surface area contributed by atoms with E-state index in [0.717, 1.165) is 29.1 Å². The van der Waals surface area contributed by atoms with Crippen LogP contribution in [0.15, 0.2) is 24.5 Å². The molecule has 3 nitrogen and oxygen atoms in total. The second-order valence-corrected chi connectivity index (χ2v) is 5.19. The molecule has 0 bridgehead atoms. The minimum atomic E-state index is 0.716. The quantitative estimate of drug-likeness (QED) is 0.845. The van der Waals surface area contributed by atoms with E-state index < -0.39 is 0 Å². The number of aromatic nitrogens is 2. The Morgan fingerprint density at radius 1 is 1.28 bits per heavy atom. The maximum atomic E-state index is 6.22. The van der Waals surface area contributed by atoms with Crippen molar-refractivity contribution in [1.82, 2.24) is 9.55 Å².